The maximum Gasteiger partial charge on any atom is 0.144 e. The van der Waals surface area contributed by atoms with Gasteiger partial charge in [0.2, 0.25) is 0 Å². The third kappa shape index (κ3) is 1.91. The van der Waals surface area contributed by atoms with Crippen LogP contribution in [0.1, 0.15) is 24.8 Å². The van der Waals surface area contributed by atoms with Crippen LogP contribution >= 0.6 is 0 Å². The summed E-state index contributed by atoms with van der Waals surface area (Å²) in [5.41, 5.74) is 1.92. The molecule has 0 spiro atoms. The van der Waals surface area contributed by atoms with Gasteiger partial charge in [-0.2, -0.15) is 5.26 Å². The lowest BCUT2D eigenvalue weighted by Gasteiger charge is -2.35. The Kier molecular flexibility index (Phi) is 2.93. The van der Waals surface area contributed by atoms with Gasteiger partial charge in [0, 0.05) is 19.3 Å². The van der Waals surface area contributed by atoms with Crippen molar-refractivity contribution in [1.29, 1.82) is 5.26 Å². The number of rotatable bonds is 2. The quantitative estimate of drug-likeness (QED) is 0.915. The first-order valence-electron chi connectivity index (χ1n) is 8.87. The summed E-state index contributed by atoms with van der Waals surface area (Å²) in [4.78, 5) is 16.8. The van der Waals surface area contributed by atoms with Gasteiger partial charge in [-0.05, 0) is 56.7 Å². The molecule has 1 N–H and O–H groups in total. The van der Waals surface area contributed by atoms with Crippen LogP contribution in [0.3, 0.4) is 0 Å². The number of piperidine rings is 2. The van der Waals surface area contributed by atoms with E-state index in [0.717, 1.165) is 41.8 Å². The number of aromatic nitrogens is 3. The first-order valence-corrected chi connectivity index (χ1v) is 8.87. The Morgan fingerprint density at radius 1 is 1.29 bits per heavy atom. The van der Waals surface area contributed by atoms with Crippen molar-refractivity contribution >= 4 is 16.9 Å². The second-order valence-corrected chi connectivity index (χ2v) is 7.83. The van der Waals surface area contributed by atoms with E-state index in [0.29, 0.717) is 11.0 Å². The minimum absolute atomic E-state index is 0.502. The number of likely N-dealkylation sites (tertiary alicyclic amines) is 1. The summed E-state index contributed by atoms with van der Waals surface area (Å²) in [6.45, 7) is 4.63. The smallest absolute Gasteiger partial charge is 0.144 e. The number of fused-ring (bicyclic) bond motifs is 2. The third-order valence-corrected chi connectivity index (χ3v) is 6.61. The molecule has 6 heteroatoms. The van der Waals surface area contributed by atoms with E-state index in [-0.39, 0.29) is 0 Å². The van der Waals surface area contributed by atoms with E-state index in [1.807, 2.05) is 0 Å². The number of nitrogens with zero attached hydrogens (tertiary/aromatic N) is 5. The Morgan fingerprint density at radius 3 is 2.92 bits per heavy atom. The first kappa shape index (κ1) is 14.2. The van der Waals surface area contributed by atoms with E-state index in [4.69, 9.17) is 0 Å². The van der Waals surface area contributed by atoms with Crippen molar-refractivity contribution in [2.24, 2.45) is 17.3 Å². The maximum absolute atomic E-state index is 9.38. The molecule has 0 bridgehead atoms. The number of nitrogens with one attached hydrogen (secondary N) is 1. The summed E-state index contributed by atoms with van der Waals surface area (Å²) >= 11 is 0. The number of nitriles is 1. The molecule has 2 saturated heterocycles. The summed E-state index contributed by atoms with van der Waals surface area (Å²) in [6, 6.07) is 2.27. The standard InChI is InChI=1S/C18H22N6/c1-23-4-2-13(3-5-23)18-6-14(18)9-24(10-18)17-15-12(7-19)8-20-16(15)21-11-22-17/h8,11,13-14H,2-6,9-10H2,1H3,(H,20,21,22). The zero-order chi connectivity index (χ0) is 16.3. The van der Waals surface area contributed by atoms with Gasteiger partial charge in [0.25, 0.3) is 0 Å². The maximum atomic E-state index is 9.38. The molecule has 3 aliphatic rings. The normalized spacial score (nSPS) is 30.5. The zero-order valence-electron chi connectivity index (χ0n) is 14.0. The molecule has 6 nitrogen and oxygen atoms in total. The lowest BCUT2D eigenvalue weighted by Crippen LogP contribution is -2.37. The van der Waals surface area contributed by atoms with Gasteiger partial charge >= 0.3 is 0 Å². The molecular formula is C18H22N6. The predicted molar refractivity (Wildman–Crippen MR) is 91.6 cm³/mol. The second-order valence-electron chi connectivity index (χ2n) is 7.83. The van der Waals surface area contributed by atoms with Crippen LogP contribution in [0.15, 0.2) is 12.5 Å². The topological polar surface area (TPSA) is 71.8 Å². The van der Waals surface area contributed by atoms with Crippen LogP contribution in [-0.4, -0.2) is 53.1 Å². The molecule has 2 unspecified atom stereocenters. The minimum atomic E-state index is 0.502. The molecule has 2 aromatic rings. The monoisotopic (exact) mass is 322 g/mol. The van der Waals surface area contributed by atoms with Gasteiger partial charge in [0.1, 0.15) is 23.9 Å². The Balaban J connectivity index is 1.45. The number of anilines is 1. The lowest BCUT2D eigenvalue weighted by molar-refractivity contribution is 0.161. The lowest BCUT2D eigenvalue weighted by atomic mass is 9.81. The second kappa shape index (κ2) is 4.93. The van der Waals surface area contributed by atoms with Crippen LogP contribution in [0, 0.1) is 28.6 Å². The van der Waals surface area contributed by atoms with Gasteiger partial charge < -0.3 is 14.8 Å². The van der Waals surface area contributed by atoms with E-state index in [1.165, 1.54) is 32.4 Å². The molecule has 3 fully saturated rings. The van der Waals surface area contributed by atoms with Gasteiger partial charge in [-0.25, -0.2) is 9.97 Å². The number of H-pyrrole nitrogens is 1. The Labute approximate surface area is 141 Å². The van der Waals surface area contributed by atoms with E-state index in [2.05, 4.69) is 37.9 Å². The summed E-state index contributed by atoms with van der Waals surface area (Å²) in [7, 11) is 2.23. The van der Waals surface area contributed by atoms with Crippen LogP contribution in [-0.2, 0) is 0 Å². The van der Waals surface area contributed by atoms with E-state index in [9.17, 15) is 5.26 Å². The van der Waals surface area contributed by atoms with Gasteiger partial charge in [-0.15, -0.1) is 0 Å². The van der Waals surface area contributed by atoms with Gasteiger partial charge in [0.05, 0.1) is 10.9 Å². The van der Waals surface area contributed by atoms with E-state index in [1.54, 1.807) is 12.5 Å². The van der Waals surface area contributed by atoms with Crippen LogP contribution in [0.5, 0.6) is 0 Å². The van der Waals surface area contributed by atoms with Crippen LogP contribution < -0.4 is 4.90 Å². The number of aromatic amines is 1. The van der Waals surface area contributed by atoms with Crippen molar-refractivity contribution in [1.82, 2.24) is 19.9 Å². The summed E-state index contributed by atoms with van der Waals surface area (Å²) in [5, 5.41) is 10.3. The van der Waals surface area contributed by atoms with Crippen LogP contribution in [0.25, 0.3) is 11.0 Å². The fourth-order valence-electron chi connectivity index (χ4n) is 5.17. The number of hydrogen-bond donors (Lipinski definition) is 1. The molecule has 5 rings (SSSR count). The highest BCUT2D eigenvalue weighted by atomic mass is 15.3. The van der Waals surface area contributed by atoms with Crippen molar-refractivity contribution in [2.45, 2.75) is 19.3 Å². The van der Waals surface area contributed by atoms with Crippen LogP contribution in [0.4, 0.5) is 5.82 Å². The molecule has 0 amide bonds. The predicted octanol–water partition coefficient (Wildman–Crippen LogP) is 2.00. The first-order chi connectivity index (χ1) is 11.7. The molecule has 24 heavy (non-hydrogen) atoms. The molecule has 4 heterocycles. The average Bonchev–Trinajstić information content (AvgIpc) is 2.97. The van der Waals surface area contributed by atoms with Crippen molar-refractivity contribution in [3.63, 3.8) is 0 Å². The van der Waals surface area contributed by atoms with Gasteiger partial charge in [-0.3, -0.25) is 0 Å². The fraction of sp³-hybridized carbons (Fsp3) is 0.611. The average molecular weight is 322 g/mol. The molecule has 124 valence electrons. The molecule has 2 atom stereocenters. The van der Waals surface area contributed by atoms with Crippen molar-refractivity contribution in [3.05, 3.63) is 18.1 Å². The molecule has 0 radical (unpaired) electrons. The van der Waals surface area contributed by atoms with Gasteiger partial charge in [-0.1, -0.05) is 0 Å². The summed E-state index contributed by atoms with van der Waals surface area (Å²) in [6.07, 6.45) is 7.39. The SMILES string of the molecule is CN1CCC(C23CC2CN(c2ncnc4[nH]cc(C#N)c24)C3)CC1. The Bertz CT molecular complexity index is 828. The third-order valence-electron chi connectivity index (χ3n) is 6.61. The van der Waals surface area contributed by atoms with Crippen molar-refractivity contribution < 1.29 is 0 Å². The van der Waals surface area contributed by atoms with Crippen LogP contribution in [0.2, 0.25) is 0 Å². The van der Waals surface area contributed by atoms with Crippen molar-refractivity contribution in [3.8, 4) is 6.07 Å². The molecule has 1 saturated carbocycles. The van der Waals surface area contributed by atoms with Gasteiger partial charge in [0.15, 0.2) is 0 Å². The summed E-state index contributed by atoms with van der Waals surface area (Å²) in [5.74, 6) is 2.60. The highest BCUT2D eigenvalue weighted by Gasteiger charge is 2.63. The highest BCUT2D eigenvalue weighted by Crippen LogP contribution is 2.64. The Morgan fingerprint density at radius 2 is 2.12 bits per heavy atom. The van der Waals surface area contributed by atoms with Crippen molar-refractivity contribution in [2.75, 3.05) is 38.1 Å². The zero-order valence-corrected chi connectivity index (χ0v) is 14.0. The molecule has 2 aliphatic heterocycles. The molecule has 1 aliphatic carbocycles. The molecule has 0 aromatic carbocycles. The molecular weight excluding hydrogens is 300 g/mol. The van der Waals surface area contributed by atoms with E-state index >= 15 is 0 Å². The number of hydrogen-bond acceptors (Lipinski definition) is 5. The Hall–Kier alpha value is -2.13. The fourth-order valence-corrected chi connectivity index (χ4v) is 5.17. The molecule has 2 aromatic heterocycles. The summed E-state index contributed by atoms with van der Waals surface area (Å²) < 4.78 is 0. The minimum Gasteiger partial charge on any atom is -0.355 e. The van der Waals surface area contributed by atoms with E-state index < -0.39 is 0 Å². The largest absolute Gasteiger partial charge is 0.355 e. The highest BCUT2D eigenvalue weighted by molar-refractivity contribution is 5.93.